The van der Waals surface area contributed by atoms with Crippen molar-refractivity contribution in [3.63, 3.8) is 0 Å². The zero-order chi connectivity index (χ0) is 22.8. The first-order valence-corrected chi connectivity index (χ1v) is 10.2. The molecule has 0 N–H and O–H groups in total. The Labute approximate surface area is 189 Å². The minimum atomic E-state index is -0.510. The molecule has 160 valence electrons. The normalized spacial score (nSPS) is 10.8. The number of aromatic nitrogens is 2. The molecule has 0 aliphatic carbocycles. The number of hydrogen-bond donors (Lipinski definition) is 0. The molecule has 0 saturated carbocycles. The van der Waals surface area contributed by atoms with Gasteiger partial charge in [0.25, 0.3) is 0 Å². The van der Waals surface area contributed by atoms with E-state index < -0.39 is 11.9 Å². The summed E-state index contributed by atoms with van der Waals surface area (Å²) >= 11 is 6.07. The van der Waals surface area contributed by atoms with Crippen LogP contribution in [0.3, 0.4) is 0 Å². The Morgan fingerprint density at radius 2 is 1.44 bits per heavy atom. The molecule has 0 aliphatic heterocycles. The molecule has 4 aromatic rings. The number of para-hydroxylation sites is 1. The van der Waals surface area contributed by atoms with Crippen LogP contribution in [0.25, 0.3) is 33.5 Å². The lowest BCUT2D eigenvalue weighted by Crippen LogP contribution is -2.08. The molecule has 0 aliphatic rings. The summed E-state index contributed by atoms with van der Waals surface area (Å²) in [5.74, 6) is -0.327. The van der Waals surface area contributed by atoms with Gasteiger partial charge in [-0.1, -0.05) is 41.9 Å². The van der Waals surface area contributed by atoms with Gasteiger partial charge in [-0.3, -0.25) is 9.59 Å². The number of ether oxygens (including phenoxy) is 2. The van der Waals surface area contributed by atoms with Crippen molar-refractivity contribution in [3.8, 4) is 34.1 Å². The molecular weight excluding hydrogens is 428 g/mol. The van der Waals surface area contributed by atoms with Gasteiger partial charge in [-0.25, -0.2) is 9.97 Å². The average Bonchev–Trinajstić information content (AvgIpc) is 2.72. The van der Waals surface area contributed by atoms with Crippen LogP contribution in [0.2, 0.25) is 5.02 Å². The fraction of sp³-hybridized carbons (Fsp3) is 0.120. The van der Waals surface area contributed by atoms with E-state index in [0.717, 1.165) is 16.5 Å². The van der Waals surface area contributed by atoms with Crippen molar-refractivity contribution >= 4 is 34.4 Å². The highest BCUT2D eigenvalue weighted by atomic mass is 35.5. The predicted molar refractivity (Wildman–Crippen MR) is 123 cm³/mol. The lowest BCUT2D eigenvalue weighted by molar-refractivity contribution is -0.132. The van der Waals surface area contributed by atoms with E-state index >= 15 is 0 Å². The molecule has 0 atom stereocenters. The molecule has 0 saturated heterocycles. The minimum absolute atomic E-state index is 0.214. The number of fused-ring (bicyclic) bond motifs is 1. The second kappa shape index (κ2) is 8.77. The number of nitrogens with zero attached hydrogens (tertiary/aromatic N) is 2. The molecular formula is C25H19ClN2O4. The number of halogens is 1. The van der Waals surface area contributed by atoms with Crippen LogP contribution in [-0.2, 0) is 9.59 Å². The summed E-state index contributed by atoms with van der Waals surface area (Å²) < 4.78 is 10.9. The highest BCUT2D eigenvalue weighted by Gasteiger charge is 2.22. The van der Waals surface area contributed by atoms with E-state index in [1.165, 1.54) is 13.8 Å². The van der Waals surface area contributed by atoms with Crippen LogP contribution in [0.5, 0.6) is 11.5 Å². The number of carbonyl (C=O) groups is 2. The standard InChI is InChI=1S/C25H19ClN2O4/c1-14-12-21(31-15(2)29)23(22(13-14)32-16(3)30)25-27-20-7-5-4-6-19(20)24(28-25)17-8-10-18(26)11-9-17/h4-13H,1-3H3. The van der Waals surface area contributed by atoms with E-state index in [1.54, 1.807) is 24.3 Å². The van der Waals surface area contributed by atoms with E-state index in [0.29, 0.717) is 21.8 Å². The van der Waals surface area contributed by atoms with Crippen molar-refractivity contribution in [3.05, 3.63) is 71.2 Å². The van der Waals surface area contributed by atoms with Gasteiger partial charge in [-0.15, -0.1) is 0 Å². The number of hydrogen-bond acceptors (Lipinski definition) is 6. The maximum atomic E-state index is 11.8. The third-order valence-corrected chi connectivity index (χ3v) is 4.91. The lowest BCUT2D eigenvalue weighted by atomic mass is 10.0. The van der Waals surface area contributed by atoms with E-state index in [4.69, 9.17) is 31.0 Å². The summed E-state index contributed by atoms with van der Waals surface area (Å²) in [6, 6.07) is 18.3. The number of aryl methyl sites for hydroxylation is 1. The summed E-state index contributed by atoms with van der Waals surface area (Å²) in [6.07, 6.45) is 0. The van der Waals surface area contributed by atoms with E-state index in [2.05, 4.69) is 0 Å². The first-order valence-electron chi connectivity index (χ1n) is 9.86. The van der Waals surface area contributed by atoms with Crippen molar-refractivity contribution in [2.24, 2.45) is 0 Å². The molecule has 0 fully saturated rings. The first-order chi connectivity index (χ1) is 15.3. The van der Waals surface area contributed by atoms with Gasteiger partial charge in [-0.05, 0) is 42.8 Å². The van der Waals surface area contributed by atoms with Gasteiger partial charge in [-0.2, -0.15) is 0 Å². The van der Waals surface area contributed by atoms with Crippen molar-refractivity contribution < 1.29 is 19.1 Å². The van der Waals surface area contributed by atoms with Crippen molar-refractivity contribution in [2.75, 3.05) is 0 Å². The molecule has 3 aromatic carbocycles. The van der Waals surface area contributed by atoms with Crippen LogP contribution < -0.4 is 9.47 Å². The van der Waals surface area contributed by atoms with Crippen molar-refractivity contribution in [1.29, 1.82) is 0 Å². The molecule has 0 unspecified atom stereocenters. The van der Waals surface area contributed by atoms with Gasteiger partial charge >= 0.3 is 11.9 Å². The summed E-state index contributed by atoms with van der Waals surface area (Å²) in [6.45, 7) is 4.42. The summed E-state index contributed by atoms with van der Waals surface area (Å²) in [5.41, 5.74) is 3.27. The maximum Gasteiger partial charge on any atom is 0.308 e. The molecule has 1 heterocycles. The smallest absolute Gasteiger partial charge is 0.308 e. The first kappa shape index (κ1) is 21.5. The quantitative estimate of drug-likeness (QED) is 0.292. The van der Waals surface area contributed by atoms with Gasteiger partial charge in [0.2, 0.25) is 0 Å². The van der Waals surface area contributed by atoms with E-state index in [9.17, 15) is 9.59 Å². The molecule has 0 spiro atoms. The molecule has 0 radical (unpaired) electrons. The highest BCUT2D eigenvalue weighted by molar-refractivity contribution is 6.30. The Morgan fingerprint density at radius 1 is 0.844 bits per heavy atom. The van der Waals surface area contributed by atoms with Crippen LogP contribution in [0.4, 0.5) is 0 Å². The molecule has 1 aromatic heterocycles. The fourth-order valence-corrected chi connectivity index (χ4v) is 3.55. The topological polar surface area (TPSA) is 78.4 Å². The molecule has 0 amide bonds. The molecule has 7 heteroatoms. The summed E-state index contributed by atoms with van der Waals surface area (Å²) in [4.78, 5) is 33.1. The monoisotopic (exact) mass is 446 g/mol. The third kappa shape index (κ3) is 4.45. The molecule has 4 rings (SSSR count). The Balaban J connectivity index is 2.04. The van der Waals surface area contributed by atoms with Crippen LogP contribution in [-0.4, -0.2) is 21.9 Å². The Bertz CT molecular complexity index is 1310. The molecule has 32 heavy (non-hydrogen) atoms. The van der Waals surface area contributed by atoms with Crippen LogP contribution in [0.15, 0.2) is 60.7 Å². The fourth-order valence-electron chi connectivity index (χ4n) is 3.43. The Hall–Kier alpha value is -3.77. The zero-order valence-corrected chi connectivity index (χ0v) is 18.4. The van der Waals surface area contributed by atoms with Gasteiger partial charge in [0.15, 0.2) is 5.82 Å². The Morgan fingerprint density at radius 3 is 2.03 bits per heavy atom. The average molecular weight is 447 g/mol. The number of rotatable bonds is 4. The SMILES string of the molecule is CC(=O)Oc1cc(C)cc(OC(C)=O)c1-c1nc(-c2ccc(Cl)cc2)c2ccccc2n1. The molecule has 0 bridgehead atoms. The third-order valence-electron chi connectivity index (χ3n) is 4.66. The number of esters is 2. The van der Waals surface area contributed by atoms with Crippen molar-refractivity contribution in [1.82, 2.24) is 9.97 Å². The van der Waals surface area contributed by atoms with Gasteiger partial charge in [0.05, 0.1) is 11.2 Å². The minimum Gasteiger partial charge on any atom is -0.426 e. The summed E-state index contributed by atoms with van der Waals surface area (Å²) in [5, 5.41) is 1.45. The van der Waals surface area contributed by atoms with Gasteiger partial charge in [0.1, 0.15) is 17.1 Å². The summed E-state index contributed by atoms with van der Waals surface area (Å²) in [7, 11) is 0. The molecule has 6 nitrogen and oxygen atoms in total. The van der Waals surface area contributed by atoms with Gasteiger partial charge in [0, 0.05) is 29.8 Å². The van der Waals surface area contributed by atoms with Gasteiger partial charge < -0.3 is 9.47 Å². The second-order valence-electron chi connectivity index (χ2n) is 7.24. The zero-order valence-electron chi connectivity index (χ0n) is 17.7. The second-order valence-corrected chi connectivity index (χ2v) is 7.68. The van der Waals surface area contributed by atoms with Crippen molar-refractivity contribution in [2.45, 2.75) is 20.8 Å². The maximum absolute atomic E-state index is 11.8. The van der Waals surface area contributed by atoms with Crippen LogP contribution in [0, 0.1) is 6.92 Å². The number of carbonyl (C=O) groups excluding carboxylic acids is 2. The highest BCUT2D eigenvalue weighted by Crippen LogP contribution is 2.40. The predicted octanol–water partition coefficient (Wildman–Crippen LogP) is 5.78. The van der Waals surface area contributed by atoms with E-state index in [1.807, 2.05) is 43.3 Å². The lowest BCUT2D eigenvalue weighted by Gasteiger charge is -2.16. The Kier molecular flexibility index (Phi) is 5.88. The van der Waals surface area contributed by atoms with E-state index in [-0.39, 0.29) is 17.3 Å². The van der Waals surface area contributed by atoms with Crippen LogP contribution >= 0.6 is 11.6 Å². The number of benzene rings is 3. The largest absolute Gasteiger partial charge is 0.426 e. The van der Waals surface area contributed by atoms with Crippen LogP contribution in [0.1, 0.15) is 19.4 Å².